The van der Waals surface area contributed by atoms with E-state index in [1.807, 2.05) is 36.5 Å². The van der Waals surface area contributed by atoms with Crippen LogP contribution in [-0.4, -0.2) is 16.3 Å². The van der Waals surface area contributed by atoms with Gasteiger partial charge in [-0.2, -0.15) is 5.10 Å². The molecular formula is C11H14N4. The van der Waals surface area contributed by atoms with Gasteiger partial charge >= 0.3 is 0 Å². The minimum absolute atomic E-state index is 0.0864. The van der Waals surface area contributed by atoms with Gasteiger partial charge in [-0.25, -0.2) is 4.68 Å². The summed E-state index contributed by atoms with van der Waals surface area (Å²) in [5, 5.41) is 4.14. The average molecular weight is 202 g/mol. The Hall–Kier alpha value is -1.65. The molecule has 0 unspecified atom stereocenters. The lowest BCUT2D eigenvalue weighted by Crippen LogP contribution is -2.20. The van der Waals surface area contributed by atoms with Crippen LogP contribution >= 0.6 is 0 Å². The normalized spacial score (nSPS) is 12.7. The van der Waals surface area contributed by atoms with Crippen LogP contribution in [0.15, 0.2) is 42.7 Å². The smallest absolute Gasteiger partial charge is 0.0645 e. The minimum Gasteiger partial charge on any atom is -0.329 e. The first-order valence-corrected chi connectivity index (χ1v) is 4.87. The fourth-order valence-electron chi connectivity index (χ4n) is 1.43. The largest absolute Gasteiger partial charge is 0.329 e. The summed E-state index contributed by atoms with van der Waals surface area (Å²) in [7, 11) is 0. The summed E-state index contributed by atoms with van der Waals surface area (Å²) in [6, 6.07) is 9.73. The van der Waals surface area contributed by atoms with E-state index in [4.69, 9.17) is 11.5 Å². The fourth-order valence-corrected chi connectivity index (χ4v) is 1.43. The van der Waals surface area contributed by atoms with Crippen LogP contribution in [0.1, 0.15) is 11.6 Å². The van der Waals surface area contributed by atoms with Gasteiger partial charge in [0.25, 0.3) is 0 Å². The highest BCUT2D eigenvalue weighted by molar-refractivity contribution is 5.34. The third-order valence-corrected chi connectivity index (χ3v) is 2.34. The van der Waals surface area contributed by atoms with Crippen molar-refractivity contribution in [1.29, 1.82) is 0 Å². The van der Waals surface area contributed by atoms with Crippen LogP contribution in [0.2, 0.25) is 0 Å². The van der Waals surface area contributed by atoms with Gasteiger partial charge in [-0.15, -0.1) is 0 Å². The van der Waals surface area contributed by atoms with Crippen molar-refractivity contribution in [2.24, 2.45) is 11.5 Å². The number of rotatable bonds is 3. The van der Waals surface area contributed by atoms with Crippen molar-refractivity contribution in [2.75, 3.05) is 6.54 Å². The molecule has 4 nitrogen and oxygen atoms in total. The quantitative estimate of drug-likeness (QED) is 0.774. The van der Waals surface area contributed by atoms with Crippen molar-refractivity contribution in [3.05, 3.63) is 48.3 Å². The summed E-state index contributed by atoms with van der Waals surface area (Å²) in [6.45, 7) is 0.459. The van der Waals surface area contributed by atoms with Crippen LogP contribution in [0, 0.1) is 0 Å². The van der Waals surface area contributed by atoms with Crippen molar-refractivity contribution in [3.63, 3.8) is 0 Å². The Morgan fingerprint density at radius 2 is 2.00 bits per heavy atom. The molecule has 0 fully saturated rings. The Labute approximate surface area is 88.5 Å². The van der Waals surface area contributed by atoms with Gasteiger partial charge in [-0.1, -0.05) is 12.1 Å². The van der Waals surface area contributed by atoms with Gasteiger partial charge in [0.2, 0.25) is 0 Å². The highest BCUT2D eigenvalue weighted by Crippen LogP contribution is 2.12. The molecule has 78 valence electrons. The predicted octanol–water partition coefficient (Wildman–Crippen LogP) is 0.831. The monoisotopic (exact) mass is 202 g/mol. The summed E-state index contributed by atoms with van der Waals surface area (Å²) in [5.41, 5.74) is 13.4. The van der Waals surface area contributed by atoms with Crippen LogP contribution in [0.25, 0.3) is 5.69 Å². The SMILES string of the molecule is NC[C@H](N)c1ccc(-n2cccn2)cc1. The summed E-state index contributed by atoms with van der Waals surface area (Å²) in [5.74, 6) is 0. The number of hydrogen-bond acceptors (Lipinski definition) is 3. The Kier molecular flexibility index (Phi) is 2.80. The van der Waals surface area contributed by atoms with Gasteiger partial charge < -0.3 is 11.5 Å². The topological polar surface area (TPSA) is 69.9 Å². The molecule has 2 rings (SSSR count). The van der Waals surface area contributed by atoms with E-state index >= 15 is 0 Å². The van der Waals surface area contributed by atoms with E-state index in [0.717, 1.165) is 11.3 Å². The third kappa shape index (κ3) is 2.06. The molecule has 0 saturated carbocycles. The van der Waals surface area contributed by atoms with Crippen LogP contribution in [0.5, 0.6) is 0 Å². The molecule has 0 spiro atoms. The zero-order valence-electron chi connectivity index (χ0n) is 8.38. The lowest BCUT2D eigenvalue weighted by Gasteiger charge is -2.09. The molecule has 0 aliphatic heterocycles. The van der Waals surface area contributed by atoms with Crippen LogP contribution in [0.3, 0.4) is 0 Å². The Morgan fingerprint density at radius 3 is 2.53 bits per heavy atom. The fraction of sp³-hybridized carbons (Fsp3) is 0.182. The third-order valence-electron chi connectivity index (χ3n) is 2.34. The molecule has 0 aliphatic carbocycles. The van der Waals surface area contributed by atoms with Crippen molar-refractivity contribution in [2.45, 2.75) is 6.04 Å². The Morgan fingerprint density at radius 1 is 1.27 bits per heavy atom. The molecule has 1 atom stereocenters. The molecule has 1 aromatic carbocycles. The van der Waals surface area contributed by atoms with Crippen LogP contribution in [-0.2, 0) is 0 Å². The number of nitrogens with two attached hydrogens (primary N) is 2. The average Bonchev–Trinajstić information content (AvgIpc) is 2.82. The highest BCUT2D eigenvalue weighted by Gasteiger charge is 2.03. The van der Waals surface area contributed by atoms with E-state index < -0.39 is 0 Å². The molecule has 0 saturated heterocycles. The maximum absolute atomic E-state index is 5.82. The second-order valence-corrected chi connectivity index (χ2v) is 3.38. The van der Waals surface area contributed by atoms with Gasteiger partial charge in [0, 0.05) is 25.0 Å². The molecule has 0 radical (unpaired) electrons. The number of hydrogen-bond donors (Lipinski definition) is 2. The van der Waals surface area contributed by atoms with Gasteiger partial charge in [0.1, 0.15) is 0 Å². The lowest BCUT2D eigenvalue weighted by atomic mass is 10.1. The van der Waals surface area contributed by atoms with Crippen molar-refractivity contribution in [1.82, 2.24) is 9.78 Å². The second kappa shape index (κ2) is 4.25. The summed E-state index contributed by atoms with van der Waals surface area (Å²) in [6.07, 6.45) is 3.65. The molecule has 1 aromatic heterocycles. The van der Waals surface area contributed by atoms with Gasteiger partial charge in [-0.3, -0.25) is 0 Å². The van der Waals surface area contributed by atoms with Crippen molar-refractivity contribution in [3.8, 4) is 5.69 Å². The van der Waals surface area contributed by atoms with Crippen LogP contribution < -0.4 is 11.5 Å². The predicted molar refractivity (Wildman–Crippen MR) is 59.5 cm³/mol. The molecule has 1 heterocycles. The van der Waals surface area contributed by atoms with E-state index in [2.05, 4.69) is 5.10 Å². The molecule has 2 aromatic rings. The van der Waals surface area contributed by atoms with Gasteiger partial charge in [0.05, 0.1) is 5.69 Å². The Bertz CT molecular complexity index is 405. The summed E-state index contributed by atoms with van der Waals surface area (Å²) >= 11 is 0. The highest BCUT2D eigenvalue weighted by atomic mass is 15.3. The van der Waals surface area contributed by atoms with Crippen molar-refractivity contribution < 1.29 is 0 Å². The van der Waals surface area contributed by atoms with Crippen molar-refractivity contribution >= 4 is 0 Å². The van der Waals surface area contributed by atoms with E-state index in [0.29, 0.717) is 6.54 Å². The first-order chi connectivity index (χ1) is 7.31. The van der Waals surface area contributed by atoms with E-state index in [-0.39, 0.29) is 6.04 Å². The molecule has 4 heteroatoms. The first-order valence-electron chi connectivity index (χ1n) is 4.87. The van der Waals surface area contributed by atoms with Gasteiger partial charge in [0.15, 0.2) is 0 Å². The molecule has 15 heavy (non-hydrogen) atoms. The van der Waals surface area contributed by atoms with E-state index in [1.54, 1.807) is 10.9 Å². The molecule has 0 aliphatic rings. The van der Waals surface area contributed by atoms with Crippen LogP contribution in [0.4, 0.5) is 0 Å². The van der Waals surface area contributed by atoms with E-state index in [9.17, 15) is 0 Å². The zero-order valence-corrected chi connectivity index (χ0v) is 8.38. The number of nitrogens with zero attached hydrogens (tertiary/aromatic N) is 2. The molecule has 0 amide bonds. The second-order valence-electron chi connectivity index (χ2n) is 3.38. The Balaban J connectivity index is 2.25. The number of aromatic nitrogens is 2. The zero-order chi connectivity index (χ0) is 10.7. The van der Waals surface area contributed by atoms with E-state index in [1.165, 1.54) is 0 Å². The molecular weight excluding hydrogens is 188 g/mol. The maximum Gasteiger partial charge on any atom is 0.0645 e. The first kappa shape index (κ1) is 9.89. The lowest BCUT2D eigenvalue weighted by molar-refractivity contribution is 0.736. The summed E-state index contributed by atoms with van der Waals surface area (Å²) < 4.78 is 1.80. The summed E-state index contributed by atoms with van der Waals surface area (Å²) in [4.78, 5) is 0. The molecule has 4 N–H and O–H groups in total. The standard InChI is InChI=1S/C11H14N4/c12-8-11(13)9-2-4-10(5-3-9)15-7-1-6-14-15/h1-7,11H,8,12-13H2/t11-/m0/s1. The minimum atomic E-state index is -0.0864. The molecule has 0 bridgehead atoms. The van der Waals surface area contributed by atoms with Gasteiger partial charge in [-0.05, 0) is 23.8 Å². The number of benzene rings is 1. The maximum atomic E-state index is 5.82.